The van der Waals surface area contributed by atoms with Crippen molar-refractivity contribution in [2.45, 2.75) is 32.8 Å². The van der Waals surface area contributed by atoms with Crippen LogP contribution in [-0.2, 0) is 4.74 Å². The predicted octanol–water partition coefficient (Wildman–Crippen LogP) is 3.01. The first-order valence-corrected chi connectivity index (χ1v) is 7.82. The number of carbonyl (C=O) groups is 1. The van der Waals surface area contributed by atoms with Gasteiger partial charge in [0.25, 0.3) is 5.91 Å². The summed E-state index contributed by atoms with van der Waals surface area (Å²) in [5, 5.41) is 3.34. The van der Waals surface area contributed by atoms with Crippen LogP contribution in [-0.4, -0.2) is 43.7 Å². The highest BCUT2D eigenvalue weighted by Crippen LogP contribution is 2.23. The van der Waals surface area contributed by atoms with Crippen molar-refractivity contribution in [3.05, 3.63) is 29.8 Å². The molecule has 1 aromatic carbocycles. The fourth-order valence-corrected chi connectivity index (χ4v) is 2.78. The monoisotopic (exact) mass is 290 g/mol. The average Bonchev–Trinajstić information content (AvgIpc) is 2.53. The van der Waals surface area contributed by atoms with Gasteiger partial charge in [-0.15, -0.1) is 0 Å². The van der Waals surface area contributed by atoms with Gasteiger partial charge in [-0.25, -0.2) is 0 Å². The largest absolute Gasteiger partial charge is 0.384 e. The summed E-state index contributed by atoms with van der Waals surface area (Å²) in [6.45, 7) is 6.67. The molecular formula is C17H26N2O2. The lowest BCUT2D eigenvalue weighted by Crippen LogP contribution is -2.46. The molecule has 1 aliphatic rings. The molecule has 0 saturated carbocycles. The summed E-state index contributed by atoms with van der Waals surface area (Å²) in [5.74, 6) is 0.607. The highest BCUT2D eigenvalue weighted by Gasteiger charge is 2.29. The third kappa shape index (κ3) is 3.76. The summed E-state index contributed by atoms with van der Waals surface area (Å²) >= 11 is 0. The summed E-state index contributed by atoms with van der Waals surface area (Å²) in [4.78, 5) is 14.7. The summed E-state index contributed by atoms with van der Waals surface area (Å²) in [6.07, 6.45) is 2.17. The first-order chi connectivity index (χ1) is 10.2. The van der Waals surface area contributed by atoms with Crippen LogP contribution in [0.4, 0.5) is 5.69 Å². The van der Waals surface area contributed by atoms with Gasteiger partial charge < -0.3 is 15.0 Å². The van der Waals surface area contributed by atoms with Gasteiger partial charge in [-0.05, 0) is 30.9 Å². The average molecular weight is 290 g/mol. The van der Waals surface area contributed by atoms with Crippen molar-refractivity contribution in [3.8, 4) is 0 Å². The molecule has 4 heteroatoms. The number of carbonyl (C=O) groups excluding carboxylic acids is 1. The van der Waals surface area contributed by atoms with Crippen LogP contribution in [0.5, 0.6) is 0 Å². The Morgan fingerprint density at radius 3 is 2.90 bits per heavy atom. The molecule has 1 aromatic rings. The predicted molar refractivity (Wildman–Crippen MR) is 85.7 cm³/mol. The second-order valence-corrected chi connectivity index (χ2v) is 5.76. The Hall–Kier alpha value is -1.55. The number of piperidine rings is 1. The lowest BCUT2D eigenvalue weighted by molar-refractivity contribution is -0.00153. The summed E-state index contributed by atoms with van der Waals surface area (Å²) in [7, 11) is 1.73. The molecule has 0 spiro atoms. The van der Waals surface area contributed by atoms with Crippen LogP contribution in [0.15, 0.2) is 24.3 Å². The lowest BCUT2D eigenvalue weighted by atomic mass is 9.95. The molecule has 0 bridgehead atoms. The zero-order chi connectivity index (χ0) is 15.2. The van der Waals surface area contributed by atoms with Crippen molar-refractivity contribution in [1.29, 1.82) is 0 Å². The van der Waals surface area contributed by atoms with E-state index in [4.69, 9.17) is 4.74 Å². The molecule has 0 aliphatic carbocycles. The fraction of sp³-hybridized carbons (Fsp3) is 0.588. The molecule has 0 aromatic heterocycles. The molecule has 2 atom stereocenters. The molecular weight excluding hydrogens is 264 g/mol. The van der Waals surface area contributed by atoms with E-state index < -0.39 is 0 Å². The fourth-order valence-electron chi connectivity index (χ4n) is 2.78. The molecule has 21 heavy (non-hydrogen) atoms. The van der Waals surface area contributed by atoms with Gasteiger partial charge in [0.1, 0.15) is 0 Å². The third-order valence-corrected chi connectivity index (χ3v) is 4.20. The molecule has 1 amide bonds. The van der Waals surface area contributed by atoms with Gasteiger partial charge in [0.15, 0.2) is 0 Å². The van der Waals surface area contributed by atoms with Crippen molar-refractivity contribution in [2.24, 2.45) is 5.92 Å². The summed E-state index contributed by atoms with van der Waals surface area (Å²) in [6, 6.07) is 7.76. The van der Waals surface area contributed by atoms with E-state index in [0.29, 0.717) is 12.5 Å². The standard InChI is InChI=1S/C17H26N2O2/c1-4-10-18-15-8-6-5-7-14(15)17(20)19-11-9-13(2)16(12-19)21-3/h5-8,13,16,18H,4,9-12H2,1-3H3. The maximum Gasteiger partial charge on any atom is 0.256 e. The number of nitrogens with zero attached hydrogens (tertiary/aromatic N) is 1. The van der Waals surface area contributed by atoms with Gasteiger partial charge in [-0.1, -0.05) is 26.0 Å². The van der Waals surface area contributed by atoms with Crippen molar-refractivity contribution in [1.82, 2.24) is 4.90 Å². The van der Waals surface area contributed by atoms with Gasteiger partial charge in [0.05, 0.1) is 11.7 Å². The van der Waals surface area contributed by atoms with Crippen LogP contribution in [0, 0.1) is 5.92 Å². The highest BCUT2D eigenvalue weighted by molar-refractivity contribution is 5.99. The normalized spacial score (nSPS) is 22.1. The van der Waals surface area contributed by atoms with E-state index in [2.05, 4.69) is 19.2 Å². The topological polar surface area (TPSA) is 41.6 Å². The first-order valence-electron chi connectivity index (χ1n) is 7.82. The van der Waals surface area contributed by atoms with E-state index >= 15 is 0 Å². The smallest absolute Gasteiger partial charge is 0.256 e. The van der Waals surface area contributed by atoms with Crippen molar-refractivity contribution in [3.63, 3.8) is 0 Å². The minimum atomic E-state index is 0.100. The molecule has 0 radical (unpaired) electrons. The molecule has 2 rings (SSSR count). The van der Waals surface area contributed by atoms with Crippen LogP contribution >= 0.6 is 0 Å². The number of nitrogens with one attached hydrogen (secondary N) is 1. The Balaban J connectivity index is 2.12. The van der Waals surface area contributed by atoms with Gasteiger partial charge in [0, 0.05) is 32.4 Å². The molecule has 1 fully saturated rings. The van der Waals surface area contributed by atoms with E-state index in [1.165, 1.54) is 0 Å². The van der Waals surface area contributed by atoms with Crippen molar-refractivity contribution >= 4 is 11.6 Å². The number of benzene rings is 1. The molecule has 2 unspecified atom stereocenters. The van der Waals surface area contributed by atoms with E-state index in [-0.39, 0.29) is 12.0 Å². The van der Waals surface area contributed by atoms with Crippen LogP contribution < -0.4 is 5.32 Å². The Morgan fingerprint density at radius 1 is 1.43 bits per heavy atom. The highest BCUT2D eigenvalue weighted by atomic mass is 16.5. The Labute approximate surface area is 127 Å². The molecule has 4 nitrogen and oxygen atoms in total. The number of para-hydroxylation sites is 1. The molecule has 1 aliphatic heterocycles. The first kappa shape index (κ1) is 15.8. The quantitative estimate of drug-likeness (QED) is 0.906. The van der Waals surface area contributed by atoms with Crippen LogP contribution in [0.25, 0.3) is 0 Å². The van der Waals surface area contributed by atoms with Crippen molar-refractivity contribution < 1.29 is 9.53 Å². The number of ether oxygens (including phenoxy) is 1. The number of amides is 1. The van der Waals surface area contributed by atoms with Crippen LogP contribution in [0.3, 0.4) is 0 Å². The van der Waals surface area contributed by atoms with Crippen molar-refractivity contribution in [2.75, 3.05) is 32.1 Å². The maximum atomic E-state index is 12.8. The molecule has 1 saturated heterocycles. The Morgan fingerprint density at radius 2 is 2.19 bits per heavy atom. The summed E-state index contributed by atoms with van der Waals surface area (Å²) in [5.41, 5.74) is 1.69. The number of hydrogen-bond acceptors (Lipinski definition) is 3. The number of rotatable bonds is 5. The zero-order valence-electron chi connectivity index (χ0n) is 13.3. The van der Waals surface area contributed by atoms with E-state index in [0.717, 1.165) is 37.2 Å². The number of hydrogen-bond donors (Lipinski definition) is 1. The second-order valence-electron chi connectivity index (χ2n) is 5.76. The third-order valence-electron chi connectivity index (χ3n) is 4.20. The van der Waals surface area contributed by atoms with Gasteiger partial charge in [-0.3, -0.25) is 4.79 Å². The summed E-state index contributed by atoms with van der Waals surface area (Å²) < 4.78 is 5.51. The molecule has 1 N–H and O–H groups in total. The van der Waals surface area contributed by atoms with Gasteiger partial charge >= 0.3 is 0 Å². The SMILES string of the molecule is CCCNc1ccccc1C(=O)N1CCC(C)C(OC)C1. The lowest BCUT2D eigenvalue weighted by Gasteiger charge is -2.36. The van der Waals surface area contributed by atoms with E-state index in [1.54, 1.807) is 7.11 Å². The Kier molecular flexibility index (Phi) is 5.62. The Bertz CT molecular complexity index is 476. The maximum absolute atomic E-state index is 12.8. The number of anilines is 1. The zero-order valence-corrected chi connectivity index (χ0v) is 13.3. The van der Waals surface area contributed by atoms with Crippen LogP contribution in [0.1, 0.15) is 37.0 Å². The van der Waals surface area contributed by atoms with Gasteiger partial charge in [0.2, 0.25) is 0 Å². The number of likely N-dealkylation sites (tertiary alicyclic amines) is 1. The number of methoxy groups -OCH3 is 1. The van der Waals surface area contributed by atoms with E-state index in [1.807, 2.05) is 29.2 Å². The minimum Gasteiger partial charge on any atom is -0.384 e. The second kappa shape index (κ2) is 7.46. The molecule has 1 heterocycles. The minimum absolute atomic E-state index is 0.100. The van der Waals surface area contributed by atoms with Gasteiger partial charge in [-0.2, -0.15) is 0 Å². The molecule has 116 valence electrons. The van der Waals surface area contributed by atoms with Crippen LogP contribution in [0.2, 0.25) is 0 Å². The van der Waals surface area contributed by atoms with E-state index in [9.17, 15) is 4.79 Å².